The van der Waals surface area contributed by atoms with Gasteiger partial charge in [-0.15, -0.1) is 0 Å². The molecular weight excluding hydrogens is 392 g/mol. The lowest BCUT2D eigenvalue weighted by atomic mass is 9.88. The fourth-order valence-corrected chi connectivity index (χ4v) is 4.59. The maximum atomic E-state index is 13.0. The van der Waals surface area contributed by atoms with Crippen LogP contribution in [0.4, 0.5) is 11.4 Å². The number of carbonyl (C=O) groups is 2. The fourth-order valence-electron chi connectivity index (χ4n) is 4.30. The van der Waals surface area contributed by atoms with Gasteiger partial charge in [-0.05, 0) is 31.5 Å². The number of benzene rings is 1. The van der Waals surface area contributed by atoms with E-state index in [1.807, 2.05) is 6.07 Å². The lowest BCUT2D eigenvalue weighted by Gasteiger charge is -2.31. The third-order valence-electron chi connectivity index (χ3n) is 5.96. The normalized spacial score (nSPS) is 27.0. The summed E-state index contributed by atoms with van der Waals surface area (Å²) in [4.78, 5) is 32.1. The zero-order valence-electron chi connectivity index (χ0n) is 16.4. The summed E-state index contributed by atoms with van der Waals surface area (Å²) in [6, 6.07) is 3.34. The van der Waals surface area contributed by atoms with E-state index in [9.17, 15) is 14.7 Å². The van der Waals surface area contributed by atoms with Crippen LogP contribution in [0.15, 0.2) is 17.1 Å². The van der Waals surface area contributed by atoms with Crippen molar-refractivity contribution in [2.45, 2.75) is 37.8 Å². The largest absolute Gasteiger partial charge is 0.391 e. The Morgan fingerprint density at radius 1 is 1.24 bits per heavy atom. The van der Waals surface area contributed by atoms with Gasteiger partial charge in [-0.2, -0.15) is 0 Å². The van der Waals surface area contributed by atoms with Crippen LogP contribution in [0.1, 0.15) is 36.0 Å². The molecule has 0 aromatic heterocycles. The summed E-state index contributed by atoms with van der Waals surface area (Å²) >= 11 is 6.49. The molecule has 3 unspecified atom stereocenters. The van der Waals surface area contributed by atoms with Crippen molar-refractivity contribution in [2.24, 2.45) is 10.9 Å². The topological polar surface area (TPSA) is 94.0 Å². The van der Waals surface area contributed by atoms with Gasteiger partial charge in [0.15, 0.2) is 5.78 Å². The number of piperazine rings is 1. The number of aliphatic hydroxyl groups excluding tert-OH is 1. The van der Waals surface area contributed by atoms with Crippen LogP contribution in [0.2, 0.25) is 5.02 Å². The predicted molar refractivity (Wildman–Crippen MR) is 114 cm³/mol. The number of hydrogen-bond donors (Lipinski definition) is 3. The van der Waals surface area contributed by atoms with Crippen molar-refractivity contribution in [1.82, 2.24) is 10.6 Å². The second-order valence-corrected chi connectivity index (χ2v) is 8.43. The van der Waals surface area contributed by atoms with Crippen molar-refractivity contribution in [3.8, 4) is 0 Å². The first-order valence-corrected chi connectivity index (χ1v) is 10.7. The molecule has 3 heterocycles. The molecule has 3 aliphatic heterocycles. The first kappa shape index (κ1) is 20.5. The number of halogens is 1. The molecule has 3 atom stereocenters. The molecule has 0 radical (unpaired) electrons. The zero-order valence-corrected chi connectivity index (χ0v) is 17.1. The Balaban J connectivity index is 1.45. The molecule has 0 aliphatic carbocycles. The summed E-state index contributed by atoms with van der Waals surface area (Å²) < 4.78 is 0. The second-order valence-electron chi connectivity index (χ2n) is 8.02. The summed E-state index contributed by atoms with van der Waals surface area (Å²) in [5.41, 5.74) is 1.98. The Labute approximate surface area is 175 Å². The molecule has 0 saturated carbocycles. The van der Waals surface area contributed by atoms with Crippen molar-refractivity contribution in [1.29, 1.82) is 0 Å². The van der Waals surface area contributed by atoms with E-state index in [1.54, 1.807) is 12.3 Å². The smallest absolute Gasteiger partial charge is 0.173 e. The Hall–Kier alpha value is -1.80. The van der Waals surface area contributed by atoms with Crippen molar-refractivity contribution >= 4 is 40.8 Å². The van der Waals surface area contributed by atoms with Crippen LogP contribution in [0.25, 0.3) is 0 Å². The van der Waals surface area contributed by atoms with E-state index in [0.717, 1.165) is 44.8 Å². The van der Waals surface area contributed by atoms with Gasteiger partial charge in [0.1, 0.15) is 5.78 Å². The number of anilines is 1. The van der Waals surface area contributed by atoms with E-state index in [-0.39, 0.29) is 30.4 Å². The van der Waals surface area contributed by atoms with Crippen molar-refractivity contribution in [3.05, 3.63) is 22.7 Å². The lowest BCUT2D eigenvalue weighted by molar-refractivity contribution is -0.120. The van der Waals surface area contributed by atoms with Crippen molar-refractivity contribution in [2.75, 3.05) is 37.6 Å². The molecule has 8 heteroatoms. The molecule has 0 bridgehead atoms. The van der Waals surface area contributed by atoms with Crippen molar-refractivity contribution in [3.63, 3.8) is 0 Å². The molecule has 0 amide bonds. The monoisotopic (exact) mass is 418 g/mol. The Bertz CT molecular complexity index is 822. The van der Waals surface area contributed by atoms with Crippen LogP contribution >= 0.6 is 11.6 Å². The summed E-state index contributed by atoms with van der Waals surface area (Å²) in [6.07, 6.45) is 3.02. The minimum absolute atomic E-state index is 0.0415. The molecule has 7 nitrogen and oxygen atoms in total. The molecule has 3 aliphatic rings. The first-order valence-electron chi connectivity index (χ1n) is 10.3. The molecule has 1 aromatic rings. The summed E-state index contributed by atoms with van der Waals surface area (Å²) in [5.74, 6) is -0.730. The van der Waals surface area contributed by atoms with E-state index in [0.29, 0.717) is 22.7 Å². The van der Waals surface area contributed by atoms with E-state index in [4.69, 9.17) is 11.6 Å². The highest BCUT2D eigenvalue weighted by Gasteiger charge is 2.31. The number of ketones is 2. The first-order chi connectivity index (χ1) is 14.0. The molecule has 29 heavy (non-hydrogen) atoms. The molecule has 156 valence electrons. The number of hydrogen-bond acceptors (Lipinski definition) is 7. The Morgan fingerprint density at radius 2 is 2.03 bits per heavy atom. The van der Waals surface area contributed by atoms with E-state index in [1.165, 1.54) is 0 Å². The minimum atomic E-state index is -0.572. The highest BCUT2D eigenvalue weighted by atomic mass is 35.5. The van der Waals surface area contributed by atoms with Crippen LogP contribution < -0.4 is 15.5 Å². The molecule has 4 rings (SSSR count). The van der Waals surface area contributed by atoms with Crippen LogP contribution in [0.3, 0.4) is 0 Å². The van der Waals surface area contributed by atoms with Gasteiger partial charge in [0.2, 0.25) is 0 Å². The lowest BCUT2D eigenvalue weighted by Crippen LogP contribution is -2.46. The third-order valence-corrected chi connectivity index (χ3v) is 6.26. The maximum Gasteiger partial charge on any atom is 0.173 e. The number of nitrogens with zero attached hydrogens (tertiary/aromatic N) is 2. The zero-order chi connectivity index (χ0) is 20.4. The number of aliphatic imine (C=N–C) groups is 1. The number of nitrogens with one attached hydrogen (secondary N) is 2. The maximum absolute atomic E-state index is 13.0. The third kappa shape index (κ3) is 4.53. The van der Waals surface area contributed by atoms with Gasteiger partial charge in [0, 0.05) is 56.8 Å². The number of piperidine rings is 1. The number of Topliss-reactive ketones (excluding diaryl/α,β-unsaturated/α-hetero) is 2. The van der Waals surface area contributed by atoms with Crippen LogP contribution in [-0.4, -0.2) is 67.8 Å². The minimum Gasteiger partial charge on any atom is -0.391 e. The number of aliphatic hydroxyl groups is 1. The van der Waals surface area contributed by atoms with Gasteiger partial charge in [0.05, 0.1) is 28.4 Å². The molecule has 0 spiro atoms. The average molecular weight is 419 g/mol. The SMILES string of the molecule is O=C(CC1C=Nc2cc(N3CCNCC3)c(Cl)cc2C1=O)CC1NCCCC1O. The molecule has 3 N–H and O–H groups in total. The van der Waals surface area contributed by atoms with Gasteiger partial charge in [-0.25, -0.2) is 0 Å². The van der Waals surface area contributed by atoms with Gasteiger partial charge in [0.25, 0.3) is 0 Å². The number of fused-ring (bicyclic) bond motifs is 1. The molecule has 2 fully saturated rings. The Morgan fingerprint density at radius 3 is 2.79 bits per heavy atom. The van der Waals surface area contributed by atoms with Crippen LogP contribution in [0.5, 0.6) is 0 Å². The molecular formula is C21H27ClN4O3. The predicted octanol–water partition coefficient (Wildman–Crippen LogP) is 1.73. The van der Waals surface area contributed by atoms with Gasteiger partial charge >= 0.3 is 0 Å². The fraction of sp³-hybridized carbons (Fsp3) is 0.571. The number of carbonyl (C=O) groups excluding carboxylic acids is 2. The van der Waals surface area contributed by atoms with Gasteiger partial charge < -0.3 is 20.6 Å². The van der Waals surface area contributed by atoms with E-state index >= 15 is 0 Å². The highest BCUT2D eigenvalue weighted by Crippen LogP contribution is 2.37. The summed E-state index contributed by atoms with van der Waals surface area (Å²) in [5, 5.41) is 17.1. The van der Waals surface area contributed by atoms with E-state index in [2.05, 4.69) is 20.5 Å². The molecule has 2 saturated heterocycles. The van der Waals surface area contributed by atoms with Gasteiger partial charge in [-0.1, -0.05) is 11.6 Å². The average Bonchev–Trinajstić information content (AvgIpc) is 2.72. The second kappa shape index (κ2) is 8.92. The Kier molecular flexibility index (Phi) is 6.29. The van der Waals surface area contributed by atoms with Crippen LogP contribution in [0, 0.1) is 5.92 Å². The number of rotatable bonds is 5. The quantitative estimate of drug-likeness (QED) is 0.674. The van der Waals surface area contributed by atoms with Crippen molar-refractivity contribution < 1.29 is 14.7 Å². The summed E-state index contributed by atoms with van der Waals surface area (Å²) in [7, 11) is 0. The van der Waals surface area contributed by atoms with Gasteiger partial charge in [-0.3, -0.25) is 14.6 Å². The van der Waals surface area contributed by atoms with E-state index < -0.39 is 12.0 Å². The van der Waals surface area contributed by atoms with Crippen LogP contribution in [-0.2, 0) is 4.79 Å². The highest BCUT2D eigenvalue weighted by molar-refractivity contribution is 6.34. The summed E-state index contributed by atoms with van der Waals surface area (Å²) in [6.45, 7) is 4.30. The molecule has 1 aromatic carbocycles. The standard InChI is InChI=1S/C21H27ClN4O3/c22-16-10-15-17(11-19(16)26-6-4-23-5-7-26)25-12-13(21(15)29)8-14(27)9-18-20(28)2-1-3-24-18/h10-13,18,20,23-24,28H,1-9H2.